The van der Waals surface area contributed by atoms with E-state index in [0.717, 1.165) is 12.8 Å². The van der Waals surface area contributed by atoms with Crippen LogP contribution in [0.25, 0.3) is 0 Å². The molecule has 76 valence electrons. The maximum Gasteiger partial charge on any atom is 0.144 e. The van der Waals surface area contributed by atoms with E-state index < -0.39 is 11.0 Å². The molecule has 1 unspecified atom stereocenters. The molecular weight excluding hydrogens is 186 g/mol. The van der Waals surface area contributed by atoms with Gasteiger partial charge in [-0.15, -0.1) is 0 Å². The van der Waals surface area contributed by atoms with Crippen molar-refractivity contribution >= 4 is 17.2 Å². The molecule has 0 radical (unpaired) electrons. The molecule has 0 bridgehead atoms. The summed E-state index contributed by atoms with van der Waals surface area (Å²) in [5, 5.41) is 0. The van der Waals surface area contributed by atoms with Crippen molar-refractivity contribution in [3.05, 3.63) is 0 Å². The van der Waals surface area contributed by atoms with Gasteiger partial charge in [0, 0.05) is 6.21 Å². The van der Waals surface area contributed by atoms with Crippen molar-refractivity contribution in [2.24, 2.45) is 4.40 Å². The molecule has 0 saturated heterocycles. The first-order valence-corrected chi connectivity index (χ1v) is 5.67. The molecule has 1 saturated carbocycles. The van der Waals surface area contributed by atoms with Crippen molar-refractivity contribution in [3.8, 4) is 0 Å². The molecule has 1 aliphatic rings. The van der Waals surface area contributed by atoms with E-state index >= 15 is 0 Å². The highest BCUT2D eigenvalue weighted by Crippen LogP contribution is 2.22. The fourth-order valence-electron chi connectivity index (χ4n) is 0.670. The number of hydrogen-bond donors (Lipinski definition) is 0. The molecule has 13 heavy (non-hydrogen) atoms. The van der Waals surface area contributed by atoms with Crippen LogP contribution in [0.2, 0.25) is 0 Å². The second-order valence-corrected chi connectivity index (χ2v) is 6.12. The van der Waals surface area contributed by atoms with Crippen molar-refractivity contribution in [1.29, 1.82) is 0 Å². The maximum absolute atomic E-state index is 11.4. The molecule has 0 aromatic heterocycles. The Hall–Kier alpha value is -0.220. The predicted molar refractivity (Wildman–Crippen MR) is 55.4 cm³/mol. The van der Waals surface area contributed by atoms with Crippen LogP contribution in [-0.2, 0) is 15.7 Å². The Labute approximate surface area is 82.2 Å². The standard InChI is InChI=1S/C9H17NO2S/c1-9(2,3)13(11)10-6-7-12-8-4-5-8/h6,8H,4-5,7H2,1-3H3/b10-6+. The SMILES string of the molecule is CC(C)(C)S(=O)/N=C/COC1CC1. The highest BCUT2D eigenvalue weighted by molar-refractivity contribution is 7.85. The van der Waals surface area contributed by atoms with Crippen LogP contribution < -0.4 is 0 Å². The summed E-state index contributed by atoms with van der Waals surface area (Å²) in [5.41, 5.74) is 0. The third-order valence-corrected chi connectivity index (χ3v) is 3.01. The van der Waals surface area contributed by atoms with Crippen molar-refractivity contribution in [3.63, 3.8) is 0 Å². The molecule has 4 heteroatoms. The second-order valence-electron chi connectivity index (χ2n) is 4.18. The van der Waals surface area contributed by atoms with Gasteiger partial charge in [-0.25, -0.2) is 4.21 Å². The fraction of sp³-hybridized carbons (Fsp3) is 0.889. The van der Waals surface area contributed by atoms with E-state index in [0.29, 0.717) is 12.7 Å². The first kappa shape index (κ1) is 10.9. The average molecular weight is 203 g/mol. The zero-order chi connectivity index (χ0) is 9.90. The molecule has 1 atom stereocenters. The van der Waals surface area contributed by atoms with Crippen LogP contribution in [-0.4, -0.2) is 27.9 Å². The molecule has 0 spiro atoms. The normalized spacial score (nSPS) is 20.8. The second kappa shape index (κ2) is 4.33. The lowest BCUT2D eigenvalue weighted by molar-refractivity contribution is 0.159. The molecule has 0 aromatic rings. The predicted octanol–water partition coefficient (Wildman–Crippen LogP) is 1.70. The molecule has 0 aliphatic heterocycles. The van der Waals surface area contributed by atoms with E-state index in [1.807, 2.05) is 20.8 Å². The van der Waals surface area contributed by atoms with E-state index in [1.165, 1.54) is 0 Å². The lowest BCUT2D eigenvalue weighted by atomic mass is 10.3. The van der Waals surface area contributed by atoms with Crippen LogP contribution in [0.15, 0.2) is 4.40 Å². The molecule has 0 N–H and O–H groups in total. The van der Waals surface area contributed by atoms with Crippen LogP contribution in [0, 0.1) is 0 Å². The van der Waals surface area contributed by atoms with Gasteiger partial charge < -0.3 is 4.74 Å². The molecule has 1 fully saturated rings. The lowest BCUT2D eigenvalue weighted by Gasteiger charge is -2.12. The van der Waals surface area contributed by atoms with Gasteiger partial charge in [0.05, 0.1) is 17.5 Å². The van der Waals surface area contributed by atoms with Gasteiger partial charge in [0.1, 0.15) is 11.0 Å². The summed E-state index contributed by atoms with van der Waals surface area (Å²) in [5.74, 6) is 0. The Morgan fingerprint density at radius 1 is 1.54 bits per heavy atom. The lowest BCUT2D eigenvalue weighted by Crippen LogP contribution is -2.19. The number of ether oxygens (including phenoxy) is 1. The number of rotatable bonds is 4. The first-order valence-electron chi connectivity index (χ1n) is 4.56. The van der Waals surface area contributed by atoms with Crippen molar-refractivity contribution in [2.45, 2.75) is 44.5 Å². The smallest absolute Gasteiger partial charge is 0.144 e. The van der Waals surface area contributed by atoms with E-state index in [2.05, 4.69) is 4.40 Å². The number of nitrogens with zero attached hydrogens (tertiary/aromatic N) is 1. The quantitative estimate of drug-likeness (QED) is 0.652. The van der Waals surface area contributed by atoms with Crippen LogP contribution in [0.4, 0.5) is 0 Å². The Morgan fingerprint density at radius 2 is 2.15 bits per heavy atom. The Morgan fingerprint density at radius 3 is 2.62 bits per heavy atom. The zero-order valence-electron chi connectivity index (χ0n) is 8.45. The molecule has 0 aromatic carbocycles. The summed E-state index contributed by atoms with van der Waals surface area (Å²) < 4.78 is 20.4. The molecule has 1 rings (SSSR count). The molecule has 1 aliphatic carbocycles. The molecular formula is C9H17NO2S. The van der Waals surface area contributed by atoms with Crippen molar-refractivity contribution in [2.75, 3.05) is 6.61 Å². The zero-order valence-corrected chi connectivity index (χ0v) is 9.26. The van der Waals surface area contributed by atoms with Crippen LogP contribution in [0.1, 0.15) is 33.6 Å². The van der Waals surface area contributed by atoms with Gasteiger partial charge in [0.2, 0.25) is 0 Å². The van der Waals surface area contributed by atoms with E-state index in [4.69, 9.17) is 4.74 Å². The van der Waals surface area contributed by atoms with Gasteiger partial charge in [-0.05, 0) is 33.6 Å². The molecule has 0 heterocycles. The van der Waals surface area contributed by atoms with Gasteiger partial charge in [-0.2, -0.15) is 4.40 Å². The van der Waals surface area contributed by atoms with Crippen molar-refractivity contribution < 1.29 is 8.95 Å². The molecule has 3 nitrogen and oxygen atoms in total. The van der Waals surface area contributed by atoms with Crippen LogP contribution >= 0.6 is 0 Å². The topological polar surface area (TPSA) is 38.7 Å². The summed E-state index contributed by atoms with van der Waals surface area (Å²) in [6.07, 6.45) is 4.38. The summed E-state index contributed by atoms with van der Waals surface area (Å²) in [6, 6.07) is 0. The third kappa shape index (κ3) is 4.52. The van der Waals surface area contributed by atoms with E-state index in [1.54, 1.807) is 6.21 Å². The average Bonchev–Trinajstić information content (AvgIpc) is 2.79. The Kier molecular flexibility index (Phi) is 3.62. The third-order valence-electron chi connectivity index (χ3n) is 1.62. The minimum atomic E-state index is -1.14. The van der Waals surface area contributed by atoms with Gasteiger partial charge in [-0.1, -0.05) is 0 Å². The van der Waals surface area contributed by atoms with Gasteiger partial charge in [0.15, 0.2) is 0 Å². The van der Waals surface area contributed by atoms with Crippen LogP contribution in [0.3, 0.4) is 0 Å². The van der Waals surface area contributed by atoms with Gasteiger partial charge in [0.25, 0.3) is 0 Å². The largest absolute Gasteiger partial charge is 0.373 e. The first-order chi connectivity index (χ1) is 6.00. The maximum atomic E-state index is 11.4. The van der Waals surface area contributed by atoms with Gasteiger partial charge >= 0.3 is 0 Å². The van der Waals surface area contributed by atoms with Crippen LogP contribution in [0.5, 0.6) is 0 Å². The minimum Gasteiger partial charge on any atom is -0.373 e. The molecule has 0 amide bonds. The van der Waals surface area contributed by atoms with Crippen molar-refractivity contribution in [1.82, 2.24) is 0 Å². The minimum absolute atomic E-state index is 0.268. The highest BCUT2D eigenvalue weighted by atomic mass is 32.2. The highest BCUT2D eigenvalue weighted by Gasteiger charge is 2.21. The Bertz CT molecular complexity index is 216. The van der Waals surface area contributed by atoms with Gasteiger partial charge in [-0.3, -0.25) is 0 Å². The van der Waals surface area contributed by atoms with E-state index in [-0.39, 0.29) is 4.75 Å². The summed E-state index contributed by atoms with van der Waals surface area (Å²) in [6.45, 7) is 6.21. The monoisotopic (exact) mass is 203 g/mol. The summed E-state index contributed by atoms with van der Waals surface area (Å²) in [7, 11) is -1.14. The Balaban J connectivity index is 2.18. The number of hydrogen-bond acceptors (Lipinski definition) is 2. The van der Waals surface area contributed by atoms with E-state index in [9.17, 15) is 4.21 Å². The summed E-state index contributed by atoms with van der Waals surface area (Å²) in [4.78, 5) is 0. The summed E-state index contributed by atoms with van der Waals surface area (Å²) >= 11 is 0. The fourth-order valence-corrected chi connectivity index (χ4v) is 1.18.